The molecule has 0 bridgehead atoms. The molecule has 0 heterocycles. The number of unbranched alkanes of at least 4 members (excludes halogenated alkanes) is 3. The normalized spacial score (nSPS) is 12.9. The van der Waals surface area contributed by atoms with E-state index in [-0.39, 0.29) is 0 Å². The predicted molar refractivity (Wildman–Crippen MR) is 70.3 cm³/mol. The van der Waals surface area contributed by atoms with Gasteiger partial charge in [0.05, 0.1) is 12.7 Å². The summed E-state index contributed by atoms with van der Waals surface area (Å²) in [6, 6.07) is 0. The Morgan fingerprint density at radius 3 is 2.65 bits per heavy atom. The van der Waals surface area contributed by atoms with Gasteiger partial charge < -0.3 is 19.9 Å². The molecule has 0 aromatic heterocycles. The maximum atomic E-state index is 9.59. The summed E-state index contributed by atoms with van der Waals surface area (Å²) in [7, 11) is 1.70. The first-order valence-electron chi connectivity index (χ1n) is 6.76. The van der Waals surface area contributed by atoms with Crippen molar-refractivity contribution in [3.63, 3.8) is 0 Å². The Labute approximate surface area is 106 Å². The molecule has 0 fully saturated rings. The SMILES string of the molecule is CCCCCCOCC(O)CNCCCOC. The number of hydrogen-bond acceptors (Lipinski definition) is 4. The van der Waals surface area contributed by atoms with Crippen LogP contribution in [0.3, 0.4) is 0 Å². The monoisotopic (exact) mass is 247 g/mol. The third-order valence-electron chi connectivity index (χ3n) is 2.53. The highest BCUT2D eigenvalue weighted by atomic mass is 16.5. The molecule has 4 nitrogen and oxygen atoms in total. The second-order valence-electron chi connectivity index (χ2n) is 4.34. The van der Waals surface area contributed by atoms with E-state index in [0.29, 0.717) is 13.2 Å². The molecule has 0 aliphatic rings. The van der Waals surface area contributed by atoms with E-state index in [2.05, 4.69) is 12.2 Å². The molecular formula is C13H29NO3. The number of aliphatic hydroxyl groups excluding tert-OH is 1. The first-order chi connectivity index (χ1) is 8.31. The number of aliphatic hydroxyl groups is 1. The summed E-state index contributed by atoms with van der Waals surface area (Å²) in [6.45, 7) is 5.63. The van der Waals surface area contributed by atoms with Crippen LogP contribution in [0.5, 0.6) is 0 Å². The zero-order chi connectivity index (χ0) is 12.8. The molecule has 17 heavy (non-hydrogen) atoms. The van der Waals surface area contributed by atoms with Crippen LogP contribution in [-0.2, 0) is 9.47 Å². The fraction of sp³-hybridized carbons (Fsp3) is 1.00. The number of nitrogens with one attached hydrogen (secondary N) is 1. The van der Waals surface area contributed by atoms with E-state index < -0.39 is 6.10 Å². The molecule has 0 aromatic carbocycles. The molecule has 0 rings (SSSR count). The van der Waals surface area contributed by atoms with Crippen LogP contribution in [-0.4, -0.2) is 51.2 Å². The molecule has 1 atom stereocenters. The summed E-state index contributed by atoms with van der Waals surface area (Å²) >= 11 is 0. The van der Waals surface area contributed by atoms with Crippen molar-refractivity contribution in [2.45, 2.75) is 45.1 Å². The summed E-state index contributed by atoms with van der Waals surface area (Å²) in [5, 5.41) is 12.8. The van der Waals surface area contributed by atoms with Crippen LogP contribution in [0.1, 0.15) is 39.0 Å². The lowest BCUT2D eigenvalue weighted by Crippen LogP contribution is -2.31. The maximum absolute atomic E-state index is 9.59. The average Bonchev–Trinajstić information content (AvgIpc) is 2.33. The van der Waals surface area contributed by atoms with Crippen LogP contribution in [0.15, 0.2) is 0 Å². The van der Waals surface area contributed by atoms with Gasteiger partial charge in [-0.15, -0.1) is 0 Å². The van der Waals surface area contributed by atoms with Crippen molar-refractivity contribution < 1.29 is 14.6 Å². The molecule has 0 spiro atoms. The Balaban J connectivity index is 3.09. The predicted octanol–water partition coefficient (Wildman–Crippen LogP) is 1.57. The van der Waals surface area contributed by atoms with Gasteiger partial charge >= 0.3 is 0 Å². The third-order valence-corrected chi connectivity index (χ3v) is 2.53. The molecule has 0 aliphatic heterocycles. The molecule has 0 saturated carbocycles. The summed E-state index contributed by atoms with van der Waals surface area (Å²) in [5.41, 5.74) is 0. The van der Waals surface area contributed by atoms with Crippen molar-refractivity contribution in [3.8, 4) is 0 Å². The molecular weight excluding hydrogens is 218 g/mol. The van der Waals surface area contributed by atoms with Crippen LogP contribution in [0.25, 0.3) is 0 Å². The minimum atomic E-state index is -0.399. The summed E-state index contributed by atoms with van der Waals surface area (Å²) in [4.78, 5) is 0. The Morgan fingerprint density at radius 1 is 1.12 bits per heavy atom. The van der Waals surface area contributed by atoms with Gasteiger partial charge in [-0.25, -0.2) is 0 Å². The second-order valence-corrected chi connectivity index (χ2v) is 4.34. The molecule has 0 amide bonds. The zero-order valence-electron chi connectivity index (χ0n) is 11.4. The summed E-state index contributed by atoms with van der Waals surface area (Å²) in [5.74, 6) is 0. The van der Waals surface area contributed by atoms with Gasteiger partial charge in [0, 0.05) is 26.9 Å². The fourth-order valence-electron chi connectivity index (χ4n) is 1.52. The van der Waals surface area contributed by atoms with Crippen molar-refractivity contribution in [1.82, 2.24) is 5.32 Å². The molecule has 0 radical (unpaired) electrons. The van der Waals surface area contributed by atoms with Crippen LogP contribution in [0, 0.1) is 0 Å². The van der Waals surface area contributed by atoms with Crippen LogP contribution < -0.4 is 5.32 Å². The highest BCUT2D eigenvalue weighted by Gasteiger charge is 2.02. The van der Waals surface area contributed by atoms with Crippen LogP contribution in [0.4, 0.5) is 0 Å². The molecule has 104 valence electrons. The first-order valence-corrected chi connectivity index (χ1v) is 6.76. The van der Waals surface area contributed by atoms with Gasteiger partial charge in [-0.05, 0) is 19.4 Å². The average molecular weight is 247 g/mol. The van der Waals surface area contributed by atoms with Gasteiger partial charge in [-0.3, -0.25) is 0 Å². The first kappa shape index (κ1) is 16.8. The second kappa shape index (κ2) is 13.9. The molecule has 2 N–H and O–H groups in total. The van der Waals surface area contributed by atoms with Crippen molar-refractivity contribution in [2.24, 2.45) is 0 Å². The Bertz CT molecular complexity index is 145. The molecule has 1 unspecified atom stereocenters. The zero-order valence-corrected chi connectivity index (χ0v) is 11.4. The number of hydrogen-bond donors (Lipinski definition) is 2. The highest BCUT2D eigenvalue weighted by Crippen LogP contribution is 1.99. The summed E-state index contributed by atoms with van der Waals surface area (Å²) < 4.78 is 10.3. The maximum Gasteiger partial charge on any atom is 0.0897 e. The van der Waals surface area contributed by atoms with Gasteiger partial charge in [-0.2, -0.15) is 0 Å². The lowest BCUT2D eigenvalue weighted by atomic mass is 10.2. The van der Waals surface area contributed by atoms with Crippen molar-refractivity contribution >= 4 is 0 Å². The van der Waals surface area contributed by atoms with Gasteiger partial charge in [0.2, 0.25) is 0 Å². The Morgan fingerprint density at radius 2 is 1.94 bits per heavy atom. The van der Waals surface area contributed by atoms with Crippen molar-refractivity contribution in [2.75, 3.05) is 40.0 Å². The van der Waals surface area contributed by atoms with Crippen LogP contribution >= 0.6 is 0 Å². The highest BCUT2D eigenvalue weighted by molar-refractivity contribution is 4.58. The van der Waals surface area contributed by atoms with Gasteiger partial charge in [-0.1, -0.05) is 26.2 Å². The van der Waals surface area contributed by atoms with E-state index in [1.807, 2.05) is 0 Å². The summed E-state index contributed by atoms with van der Waals surface area (Å²) in [6.07, 6.45) is 5.41. The Kier molecular flexibility index (Phi) is 13.8. The molecule has 0 aliphatic carbocycles. The van der Waals surface area contributed by atoms with E-state index in [4.69, 9.17) is 9.47 Å². The van der Waals surface area contributed by atoms with E-state index in [1.165, 1.54) is 19.3 Å². The lowest BCUT2D eigenvalue weighted by molar-refractivity contribution is 0.0353. The largest absolute Gasteiger partial charge is 0.389 e. The van der Waals surface area contributed by atoms with Crippen molar-refractivity contribution in [3.05, 3.63) is 0 Å². The fourth-order valence-corrected chi connectivity index (χ4v) is 1.52. The minimum Gasteiger partial charge on any atom is -0.389 e. The molecule has 0 aromatic rings. The topological polar surface area (TPSA) is 50.7 Å². The van der Waals surface area contributed by atoms with Crippen molar-refractivity contribution in [1.29, 1.82) is 0 Å². The van der Waals surface area contributed by atoms with Gasteiger partial charge in [0.1, 0.15) is 0 Å². The quantitative estimate of drug-likeness (QED) is 0.485. The molecule has 4 heteroatoms. The Hall–Kier alpha value is -0.160. The van der Waals surface area contributed by atoms with E-state index in [1.54, 1.807) is 7.11 Å². The van der Waals surface area contributed by atoms with Gasteiger partial charge in [0.25, 0.3) is 0 Å². The minimum absolute atomic E-state index is 0.399. The lowest BCUT2D eigenvalue weighted by Gasteiger charge is -2.12. The molecule has 0 saturated heterocycles. The third kappa shape index (κ3) is 13.8. The standard InChI is InChI=1S/C13H29NO3/c1-3-4-5-6-10-17-12-13(15)11-14-8-7-9-16-2/h13-15H,3-12H2,1-2H3. The van der Waals surface area contributed by atoms with E-state index in [0.717, 1.165) is 32.6 Å². The number of methoxy groups -OCH3 is 1. The van der Waals surface area contributed by atoms with Gasteiger partial charge in [0.15, 0.2) is 0 Å². The smallest absolute Gasteiger partial charge is 0.0897 e. The van der Waals surface area contributed by atoms with E-state index >= 15 is 0 Å². The number of ether oxygens (including phenoxy) is 2. The van der Waals surface area contributed by atoms with Crippen LogP contribution in [0.2, 0.25) is 0 Å². The number of rotatable bonds is 13. The van der Waals surface area contributed by atoms with E-state index in [9.17, 15) is 5.11 Å².